The molecule has 1 aliphatic carbocycles. The lowest BCUT2D eigenvalue weighted by Crippen LogP contribution is -2.42. The number of amides is 1. The Kier molecular flexibility index (Phi) is 5.69. The maximum Gasteiger partial charge on any atom is 0.255 e. The maximum atomic E-state index is 14.0. The Bertz CT molecular complexity index is 1100. The number of alkyl halides is 1. The van der Waals surface area contributed by atoms with E-state index in [4.69, 9.17) is 0 Å². The van der Waals surface area contributed by atoms with E-state index in [1.165, 1.54) is 20.0 Å². The highest BCUT2D eigenvalue weighted by atomic mass is 19.1. The zero-order valence-electron chi connectivity index (χ0n) is 17.4. The Morgan fingerprint density at radius 2 is 2.03 bits per heavy atom. The van der Waals surface area contributed by atoms with Gasteiger partial charge in [-0.25, -0.2) is 14.4 Å². The van der Waals surface area contributed by atoms with Crippen molar-refractivity contribution in [3.05, 3.63) is 48.3 Å². The molecule has 0 spiro atoms. The first-order valence-electron chi connectivity index (χ1n) is 10.2. The third-order valence-corrected chi connectivity index (χ3v) is 5.01. The van der Waals surface area contributed by atoms with E-state index in [-0.39, 0.29) is 6.54 Å². The minimum absolute atomic E-state index is 0.291. The van der Waals surface area contributed by atoms with E-state index in [0.717, 1.165) is 23.9 Å². The van der Waals surface area contributed by atoms with Crippen LogP contribution in [0, 0.1) is 0 Å². The van der Waals surface area contributed by atoms with Gasteiger partial charge in [-0.1, -0.05) is 0 Å². The molecular weight excluding hydrogens is 399 g/mol. The first kappa shape index (κ1) is 20.9. The average molecular weight is 424 g/mol. The van der Waals surface area contributed by atoms with Gasteiger partial charge in [0.25, 0.3) is 5.91 Å². The van der Waals surface area contributed by atoms with Gasteiger partial charge in [-0.05, 0) is 51.0 Å². The number of pyridine rings is 3. The number of aliphatic hydroxyl groups is 1. The largest absolute Gasteiger partial charge is 0.387 e. The van der Waals surface area contributed by atoms with Gasteiger partial charge in [0.1, 0.15) is 17.8 Å². The topological polar surface area (TPSA) is 112 Å². The molecular formula is C22H25FN6O2. The number of fused-ring (bicyclic) bond motifs is 1. The molecule has 3 aromatic rings. The molecule has 1 fully saturated rings. The minimum atomic E-state index is -1.58. The second-order valence-electron chi connectivity index (χ2n) is 8.23. The standard InChI is InChI=1S/C22H25FN6O2/c1-22(2,31)18(23)12-26-21(30)14-11-25-20(10-17(14)27-13-5-6-13)29-19-8-7-15-16(28-19)4-3-9-24-15/h3-4,7-11,13,18,31H,5-6,12H2,1-2H3,(H,26,30)(H2,25,27,28,29). The molecule has 1 unspecified atom stereocenters. The smallest absolute Gasteiger partial charge is 0.255 e. The van der Waals surface area contributed by atoms with Crippen LogP contribution in [0.1, 0.15) is 37.0 Å². The highest BCUT2D eigenvalue weighted by Gasteiger charge is 2.28. The van der Waals surface area contributed by atoms with Crippen LogP contribution in [-0.4, -0.2) is 50.3 Å². The Hall–Kier alpha value is -3.33. The van der Waals surface area contributed by atoms with E-state index in [1.54, 1.807) is 12.3 Å². The number of carbonyl (C=O) groups is 1. The maximum absolute atomic E-state index is 14.0. The van der Waals surface area contributed by atoms with Gasteiger partial charge in [0.15, 0.2) is 0 Å². The van der Waals surface area contributed by atoms with Gasteiger partial charge in [0, 0.05) is 24.5 Å². The fourth-order valence-corrected chi connectivity index (χ4v) is 2.96. The number of rotatable bonds is 8. The van der Waals surface area contributed by atoms with Crippen LogP contribution in [-0.2, 0) is 0 Å². The molecule has 0 bridgehead atoms. The van der Waals surface area contributed by atoms with Gasteiger partial charge in [0.2, 0.25) is 0 Å². The Morgan fingerprint density at radius 1 is 1.23 bits per heavy atom. The predicted molar refractivity (Wildman–Crippen MR) is 117 cm³/mol. The molecule has 9 heteroatoms. The summed E-state index contributed by atoms with van der Waals surface area (Å²) in [5.74, 6) is 0.673. The third-order valence-electron chi connectivity index (χ3n) is 5.01. The predicted octanol–water partition coefficient (Wildman–Crippen LogP) is 3.18. The molecule has 1 aliphatic rings. The molecule has 4 N–H and O–H groups in total. The van der Waals surface area contributed by atoms with Crippen molar-refractivity contribution in [1.29, 1.82) is 0 Å². The van der Waals surface area contributed by atoms with Crippen molar-refractivity contribution in [3.63, 3.8) is 0 Å². The van der Waals surface area contributed by atoms with Crippen molar-refractivity contribution in [2.75, 3.05) is 17.2 Å². The number of anilines is 3. The molecule has 3 heterocycles. The molecule has 3 aromatic heterocycles. The van der Waals surface area contributed by atoms with Crippen LogP contribution in [0.5, 0.6) is 0 Å². The lowest BCUT2D eigenvalue weighted by atomic mass is 10.0. The molecule has 8 nitrogen and oxygen atoms in total. The molecule has 0 aromatic carbocycles. The van der Waals surface area contributed by atoms with E-state index >= 15 is 0 Å². The lowest BCUT2D eigenvalue weighted by Gasteiger charge is -2.22. The number of nitrogens with zero attached hydrogens (tertiary/aromatic N) is 3. The zero-order valence-corrected chi connectivity index (χ0v) is 17.4. The Morgan fingerprint density at radius 3 is 2.77 bits per heavy atom. The van der Waals surface area contributed by atoms with Crippen LogP contribution in [0.2, 0.25) is 0 Å². The van der Waals surface area contributed by atoms with Crippen LogP contribution < -0.4 is 16.0 Å². The van der Waals surface area contributed by atoms with E-state index in [0.29, 0.717) is 28.9 Å². The number of nitrogens with one attached hydrogen (secondary N) is 3. The molecule has 31 heavy (non-hydrogen) atoms. The van der Waals surface area contributed by atoms with Crippen LogP contribution >= 0.6 is 0 Å². The number of hydrogen-bond acceptors (Lipinski definition) is 7. The van der Waals surface area contributed by atoms with Crippen LogP contribution in [0.15, 0.2) is 42.7 Å². The van der Waals surface area contributed by atoms with Crippen molar-refractivity contribution in [2.45, 2.75) is 44.5 Å². The fraction of sp³-hybridized carbons (Fsp3) is 0.364. The summed E-state index contributed by atoms with van der Waals surface area (Å²) >= 11 is 0. The monoisotopic (exact) mass is 424 g/mol. The first-order chi connectivity index (χ1) is 14.8. The molecule has 1 amide bonds. The Labute approximate surface area is 179 Å². The van der Waals surface area contributed by atoms with Crippen molar-refractivity contribution in [1.82, 2.24) is 20.3 Å². The minimum Gasteiger partial charge on any atom is -0.387 e. The van der Waals surface area contributed by atoms with Crippen molar-refractivity contribution >= 4 is 34.3 Å². The molecule has 0 radical (unpaired) electrons. The van der Waals surface area contributed by atoms with E-state index in [1.807, 2.05) is 24.3 Å². The summed E-state index contributed by atoms with van der Waals surface area (Å²) in [6.45, 7) is 2.44. The summed E-state index contributed by atoms with van der Waals surface area (Å²) in [4.78, 5) is 25.7. The van der Waals surface area contributed by atoms with Gasteiger partial charge in [-0.15, -0.1) is 0 Å². The van der Waals surface area contributed by atoms with Crippen molar-refractivity contribution in [3.8, 4) is 0 Å². The van der Waals surface area contributed by atoms with Crippen molar-refractivity contribution < 1.29 is 14.3 Å². The second-order valence-corrected chi connectivity index (χ2v) is 8.23. The number of hydrogen-bond donors (Lipinski definition) is 4. The van der Waals surface area contributed by atoms with Gasteiger partial charge in [-0.3, -0.25) is 9.78 Å². The number of aromatic nitrogens is 3. The molecule has 162 valence electrons. The SMILES string of the molecule is CC(C)(O)C(F)CNC(=O)c1cnc(Nc2ccc3ncccc3n2)cc1NC1CC1. The van der Waals surface area contributed by atoms with Gasteiger partial charge < -0.3 is 21.1 Å². The summed E-state index contributed by atoms with van der Waals surface area (Å²) in [6, 6.07) is 9.42. The molecule has 0 aliphatic heterocycles. The van der Waals surface area contributed by atoms with E-state index in [2.05, 4.69) is 30.9 Å². The van der Waals surface area contributed by atoms with E-state index in [9.17, 15) is 14.3 Å². The van der Waals surface area contributed by atoms with Crippen LogP contribution in [0.4, 0.5) is 21.7 Å². The van der Waals surface area contributed by atoms with Gasteiger partial charge in [0.05, 0.1) is 34.4 Å². The average Bonchev–Trinajstić information content (AvgIpc) is 3.55. The van der Waals surface area contributed by atoms with Crippen LogP contribution in [0.3, 0.4) is 0 Å². The van der Waals surface area contributed by atoms with E-state index < -0.39 is 17.7 Å². The summed E-state index contributed by atoms with van der Waals surface area (Å²) in [7, 11) is 0. The summed E-state index contributed by atoms with van der Waals surface area (Å²) in [5.41, 5.74) is 0.944. The normalized spacial score (nSPS) is 14.8. The number of carbonyl (C=O) groups excluding carboxylic acids is 1. The highest BCUT2D eigenvalue weighted by molar-refractivity contribution is 6.00. The van der Waals surface area contributed by atoms with Gasteiger partial charge >= 0.3 is 0 Å². The summed E-state index contributed by atoms with van der Waals surface area (Å²) in [6.07, 6.45) is 3.62. The number of halogens is 1. The molecule has 1 atom stereocenters. The summed E-state index contributed by atoms with van der Waals surface area (Å²) < 4.78 is 14.0. The first-order valence-corrected chi connectivity index (χ1v) is 10.2. The quantitative estimate of drug-likeness (QED) is 0.439. The lowest BCUT2D eigenvalue weighted by molar-refractivity contribution is -0.00177. The fourth-order valence-electron chi connectivity index (χ4n) is 2.96. The molecule has 1 saturated carbocycles. The molecule has 4 rings (SSSR count). The van der Waals surface area contributed by atoms with Gasteiger partial charge in [-0.2, -0.15) is 0 Å². The second kappa shape index (κ2) is 8.43. The Balaban J connectivity index is 1.52. The molecule has 0 saturated heterocycles. The zero-order chi connectivity index (χ0) is 22.0. The van der Waals surface area contributed by atoms with Crippen molar-refractivity contribution in [2.24, 2.45) is 0 Å². The summed E-state index contributed by atoms with van der Waals surface area (Å²) in [5, 5.41) is 18.7. The third kappa shape index (κ3) is 5.24. The van der Waals surface area contributed by atoms with Crippen LogP contribution in [0.25, 0.3) is 11.0 Å². The highest BCUT2D eigenvalue weighted by Crippen LogP contribution is 2.29.